The smallest absolute Gasteiger partial charge is 0.0692 e. The Hall–Kier alpha value is -6.19. The second-order valence-corrected chi connectivity index (χ2v) is 15.0. The maximum atomic E-state index is 5.68. The van der Waals surface area contributed by atoms with Crippen LogP contribution < -0.4 is 10.4 Å². The molecular weight excluding hydrogens is 631 g/mol. The minimum Gasteiger partial charge on any atom is -0.256 e. The van der Waals surface area contributed by atoms with Crippen LogP contribution in [0.15, 0.2) is 152 Å². The first-order valence-corrected chi connectivity index (χ1v) is 18.5. The van der Waals surface area contributed by atoms with Gasteiger partial charge in [-0.1, -0.05) is 121 Å². The van der Waals surface area contributed by atoms with Crippen LogP contribution in [0.5, 0.6) is 0 Å². The van der Waals surface area contributed by atoms with E-state index in [4.69, 9.17) is 15.0 Å². The molecule has 0 radical (unpaired) electrons. The van der Waals surface area contributed by atoms with E-state index in [-0.39, 0.29) is 29.6 Å². The van der Waals surface area contributed by atoms with E-state index in [1.54, 1.807) is 0 Å². The Morgan fingerprint density at radius 3 is 1.42 bits per heavy atom. The lowest BCUT2D eigenvalue weighted by Gasteiger charge is -2.35. The summed E-state index contributed by atoms with van der Waals surface area (Å²) in [4.78, 5) is 17.0. The number of benzene rings is 5. The summed E-state index contributed by atoms with van der Waals surface area (Å²) in [6, 6.07) is 56.7. The third-order valence-corrected chi connectivity index (χ3v) is 12.3. The maximum absolute atomic E-state index is 5.68. The lowest BCUT2D eigenvalue weighted by molar-refractivity contribution is 0.592. The summed E-state index contributed by atoms with van der Waals surface area (Å²) in [6.07, 6.45) is 3.47. The van der Waals surface area contributed by atoms with E-state index >= 15 is 0 Å². The summed E-state index contributed by atoms with van der Waals surface area (Å²) in [5.74, 6) is -0.107. The lowest BCUT2D eigenvalue weighted by atomic mass is 9.69. The summed E-state index contributed by atoms with van der Waals surface area (Å²) < 4.78 is 0. The molecule has 3 atom stereocenters. The predicted octanol–water partition coefficient (Wildman–Crippen LogP) is 9.09. The number of hydrogen-bond acceptors (Lipinski definition) is 3. The summed E-state index contributed by atoms with van der Waals surface area (Å²) in [6.45, 7) is 0. The molecule has 0 saturated heterocycles. The Labute approximate surface area is 301 Å². The van der Waals surface area contributed by atoms with Crippen LogP contribution >= 0.6 is 0 Å². The summed E-state index contributed by atoms with van der Waals surface area (Å²) >= 11 is 0. The molecular formula is C49H33N3. The van der Waals surface area contributed by atoms with Crippen molar-refractivity contribution in [2.75, 3.05) is 0 Å². The minimum atomic E-state index is -0.160. The van der Waals surface area contributed by atoms with Crippen molar-refractivity contribution in [3.05, 3.63) is 219 Å². The molecule has 5 aromatic carbocycles. The average Bonchev–Trinajstić information content (AvgIpc) is 3.18. The van der Waals surface area contributed by atoms with Gasteiger partial charge in [-0.25, -0.2) is 0 Å². The van der Waals surface area contributed by atoms with Gasteiger partial charge in [-0.2, -0.15) is 0 Å². The van der Waals surface area contributed by atoms with Crippen molar-refractivity contribution in [3.63, 3.8) is 0 Å². The first-order chi connectivity index (χ1) is 25.7. The molecule has 3 aromatic heterocycles. The zero-order chi connectivity index (χ0) is 33.9. The van der Waals surface area contributed by atoms with Gasteiger partial charge in [-0.05, 0) is 109 Å². The van der Waals surface area contributed by atoms with Crippen molar-refractivity contribution in [2.45, 2.75) is 30.1 Å². The molecule has 13 rings (SSSR count). The molecule has 3 unspecified atom stereocenters. The molecule has 0 fully saturated rings. The van der Waals surface area contributed by atoms with Gasteiger partial charge >= 0.3 is 0 Å². The summed E-state index contributed by atoms with van der Waals surface area (Å²) in [5.41, 5.74) is 12.8. The lowest BCUT2D eigenvalue weighted by Crippen LogP contribution is -2.36. The van der Waals surface area contributed by atoms with E-state index in [0.717, 1.165) is 40.6 Å². The van der Waals surface area contributed by atoms with Gasteiger partial charge in [0.2, 0.25) is 0 Å². The monoisotopic (exact) mass is 663 g/mol. The number of nitrogens with zero attached hydrogens (tertiary/aromatic N) is 3. The van der Waals surface area contributed by atoms with E-state index in [0.29, 0.717) is 0 Å². The fraction of sp³-hybridized carbons (Fsp3) is 0.122. The topological polar surface area (TPSA) is 38.7 Å². The van der Waals surface area contributed by atoms with Gasteiger partial charge in [0.25, 0.3) is 0 Å². The van der Waals surface area contributed by atoms with Gasteiger partial charge in [0, 0.05) is 5.92 Å². The largest absolute Gasteiger partial charge is 0.256 e. The average molecular weight is 664 g/mol. The molecule has 0 spiro atoms. The maximum Gasteiger partial charge on any atom is 0.0692 e. The van der Waals surface area contributed by atoms with Crippen LogP contribution in [0.25, 0.3) is 33.2 Å². The first kappa shape index (κ1) is 28.5. The third-order valence-electron chi connectivity index (χ3n) is 12.3. The van der Waals surface area contributed by atoms with E-state index in [1.807, 2.05) is 0 Å². The quantitative estimate of drug-likeness (QED) is 0.163. The Morgan fingerprint density at radius 1 is 0.423 bits per heavy atom. The molecule has 52 heavy (non-hydrogen) atoms. The molecule has 8 aromatic rings. The Balaban J connectivity index is 1.37. The number of pyridine rings is 3. The number of aromatic nitrogens is 3. The van der Waals surface area contributed by atoms with Crippen molar-refractivity contribution in [1.29, 1.82) is 0 Å². The highest BCUT2D eigenvalue weighted by molar-refractivity contribution is 5.90. The van der Waals surface area contributed by atoms with E-state index in [1.165, 1.54) is 59.8 Å². The second-order valence-electron chi connectivity index (χ2n) is 15.0. The predicted molar refractivity (Wildman–Crippen MR) is 208 cm³/mol. The van der Waals surface area contributed by atoms with Crippen molar-refractivity contribution in [3.8, 4) is 0 Å². The highest BCUT2D eigenvalue weighted by atomic mass is 14.8. The van der Waals surface area contributed by atoms with Gasteiger partial charge in [0.05, 0.1) is 51.9 Å². The van der Waals surface area contributed by atoms with Crippen LogP contribution in [0.3, 0.4) is 0 Å². The molecule has 5 aliphatic rings. The van der Waals surface area contributed by atoms with Crippen LogP contribution in [0.4, 0.5) is 0 Å². The molecule has 0 N–H and O–H groups in total. The van der Waals surface area contributed by atoms with Gasteiger partial charge in [-0.15, -0.1) is 0 Å². The third kappa shape index (κ3) is 4.05. The van der Waals surface area contributed by atoms with Crippen LogP contribution in [-0.2, 0) is 0 Å². The van der Waals surface area contributed by atoms with Crippen molar-refractivity contribution < 1.29 is 0 Å². The zero-order valence-corrected chi connectivity index (χ0v) is 28.4. The highest BCUT2D eigenvalue weighted by Gasteiger charge is 2.37. The molecule has 0 saturated carbocycles. The fourth-order valence-corrected chi connectivity index (χ4v) is 10.1. The molecule has 3 heteroatoms. The van der Waals surface area contributed by atoms with Crippen LogP contribution in [0, 0.1) is 5.92 Å². The second kappa shape index (κ2) is 10.7. The molecule has 244 valence electrons. The van der Waals surface area contributed by atoms with Gasteiger partial charge in [0.1, 0.15) is 0 Å². The van der Waals surface area contributed by atoms with Crippen LogP contribution in [0.2, 0.25) is 0 Å². The summed E-state index contributed by atoms with van der Waals surface area (Å²) in [5, 5.41) is 7.61. The van der Waals surface area contributed by atoms with E-state index in [2.05, 4.69) is 158 Å². The van der Waals surface area contributed by atoms with E-state index in [9.17, 15) is 0 Å². The van der Waals surface area contributed by atoms with E-state index < -0.39 is 0 Å². The molecule has 3 nitrogen and oxygen atoms in total. The standard InChI is InChI=1S/C49H33N3/c1-4-13-34-28(10-1)22-31-25-37(34)47-40-16-7-18-42(50-40)48-38-26-32(23-29-11-2-5-14-35(29)38)46(31)33-24-30-12-3-6-15-36(30)39(27-33)49(43-19-8-17-41(47)51-43)45-21-9-20-44(48)52-45/h1-26,33,46-49H,27H2. The minimum absolute atomic E-state index is 0.103. The first-order valence-electron chi connectivity index (χ1n) is 18.5. The number of fused-ring (bicyclic) bond motifs is 3. The van der Waals surface area contributed by atoms with Gasteiger partial charge in [0.15, 0.2) is 0 Å². The van der Waals surface area contributed by atoms with Crippen molar-refractivity contribution >= 4 is 33.2 Å². The SMILES string of the molecule is C1=c2ccccc2=C2CC1C1c3cc(c4ccccc4c3)C3c4cccc(n4)C2c2cccc(n2)C(c2cccc3n2)c2cc1cc1ccccc21. The molecule has 0 amide bonds. The van der Waals surface area contributed by atoms with Crippen LogP contribution in [0.1, 0.15) is 86.5 Å². The highest BCUT2D eigenvalue weighted by Crippen LogP contribution is 2.49. The number of rotatable bonds is 0. The normalized spacial score (nSPS) is 21.7. The van der Waals surface area contributed by atoms with Crippen LogP contribution in [-0.4, -0.2) is 15.0 Å². The molecule has 7 heterocycles. The summed E-state index contributed by atoms with van der Waals surface area (Å²) in [7, 11) is 0. The fourth-order valence-electron chi connectivity index (χ4n) is 10.1. The Morgan fingerprint density at radius 2 is 0.885 bits per heavy atom. The van der Waals surface area contributed by atoms with Gasteiger partial charge in [-0.3, -0.25) is 15.0 Å². The van der Waals surface area contributed by atoms with Crippen molar-refractivity contribution in [2.24, 2.45) is 5.92 Å². The van der Waals surface area contributed by atoms with Gasteiger partial charge < -0.3 is 0 Å². The zero-order valence-electron chi connectivity index (χ0n) is 28.4. The molecule has 1 aliphatic carbocycles. The van der Waals surface area contributed by atoms with Crippen molar-refractivity contribution in [1.82, 2.24) is 15.0 Å². The Kier molecular flexibility index (Phi) is 5.84. The molecule has 16 bridgehead atoms. The number of hydrogen-bond donors (Lipinski definition) is 0. The molecule has 4 aliphatic heterocycles. The Bertz CT molecular complexity index is 2790.